The summed E-state index contributed by atoms with van der Waals surface area (Å²) in [6, 6.07) is 8.31. The van der Waals surface area contributed by atoms with Gasteiger partial charge < -0.3 is 15.4 Å². The second-order valence-electron chi connectivity index (χ2n) is 9.47. The lowest BCUT2D eigenvalue weighted by molar-refractivity contribution is -0.137. The summed E-state index contributed by atoms with van der Waals surface area (Å²) in [6.07, 6.45) is -2.08. The smallest absolute Gasteiger partial charge is 0.379 e. The Hall–Kier alpha value is -4.63. The Bertz CT molecular complexity index is 1530. The third-order valence-corrected chi connectivity index (χ3v) is 6.53. The number of ether oxygens (including phenoxy) is 1. The van der Waals surface area contributed by atoms with E-state index < -0.39 is 29.0 Å². The van der Waals surface area contributed by atoms with Gasteiger partial charge in [-0.25, -0.2) is 19.5 Å². The fraction of sp³-hybridized carbons (Fsp3) is 0.296. The second-order valence-corrected chi connectivity index (χ2v) is 9.47. The molecule has 1 amide bonds. The Morgan fingerprint density at radius 1 is 1.07 bits per heavy atom. The van der Waals surface area contributed by atoms with Crippen molar-refractivity contribution in [2.24, 2.45) is 0 Å². The molecule has 0 saturated carbocycles. The summed E-state index contributed by atoms with van der Waals surface area (Å²) >= 11 is 0. The number of morpholine rings is 1. The van der Waals surface area contributed by atoms with Gasteiger partial charge in [-0.2, -0.15) is 23.3 Å². The van der Waals surface area contributed by atoms with Gasteiger partial charge in [0.2, 0.25) is 5.95 Å². The number of amides is 1. The maximum absolute atomic E-state index is 13.9. The number of carbonyl (C=O) groups is 1. The minimum absolute atomic E-state index is 0.251. The van der Waals surface area contributed by atoms with Crippen LogP contribution in [0.25, 0.3) is 0 Å². The van der Waals surface area contributed by atoms with Gasteiger partial charge in [-0.05, 0) is 42.8 Å². The van der Waals surface area contributed by atoms with Crippen molar-refractivity contribution in [2.45, 2.75) is 13.1 Å². The van der Waals surface area contributed by atoms with Crippen LogP contribution in [0.3, 0.4) is 0 Å². The predicted molar refractivity (Wildman–Crippen MR) is 146 cm³/mol. The second kappa shape index (κ2) is 12.5. The van der Waals surface area contributed by atoms with E-state index in [9.17, 15) is 22.4 Å². The molecule has 3 heterocycles. The lowest BCUT2D eigenvalue weighted by Crippen LogP contribution is -2.39. The van der Waals surface area contributed by atoms with Gasteiger partial charge in [-0.15, -0.1) is 0 Å². The zero-order chi connectivity index (χ0) is 29.7. The van der Waals surface area contributed by atoms with E-state index in [4.69, 9.17) is 4.74 Å². The molecule has 1 fully saturated rings. The molecule has 1 aliphatic heterocycles. The van der Waals surface area contributed by atoms with Crippen molar-refractivity contribution in [1.29, 1.82) is 0 Å². The number of anilines is 5. The van der Waals surface area contributed by atoms with Gasteiger partial charge in [0.25, 0.3) is 5.91 Å². The number of aryl methyl sites for hydroxylation is 1. The van der Waals surface area contributed by atoms with Gasteiger partial charge in [-0.1, -0.05) is 6.07 Å². The molecule has 1 aliphatic rings. The number of nitrogens with one attached hydrogen (secondary N) is 3. The highest BCUT2D eigenvalue weighted by atomic mass is 19.4. The first kappa shape index (κ1) is 28.9. The summed E-state index contributed by atoms with van der Waals surface area (Å²) in [7, 11) is 0. The number of hydrogen-bond donors (Lipinski definition) is 3. The fourth-order valence-corrected chi connectivity index (χ4v) is 4.40. The molecule has 0 spiro atoms. The normalized spacial score (nSPS) is 14.0. The van der Waals surface area contributed by atoms with Gasteiger partial charge in [0.15, 0.2) is 0 Å². The highest BCUT2D eigenvalue weighted by Crippen LogP contribution is 2.35. The van der Waals surface area contributed by atoms with Crippen LogP contribution in [0.4, 0.5) is 46.5 Å². The first-order valence-electron chi connectivity index (χ1n) is 13.0. The third-order valence-electron chi connectivity index (χ3n) is 6.53. The topological polar surface area (TPSA) is 124 Å². The number of benzene rings is 2. The van der Waals surface area contributed by atoms with Crippen LogP contribution in [0.15, 0.2) is 55.1 Å². The van der Waals surface area contributed by atoms with Crippen molar-refractivity contribution in [3.8, 4) is 0 Å². The van der Waals surface area contributed by atoms with Crippen LogP contribution in [0, 0.1) is 12.7 Å². The van der Waals surface area contributed by atoms with Crippen molar-refractivity contribution in [3.05, 3.63) is 77.6 Å². The summed E-state index contributed by atoms with van der Waals surface area (Å²) in [5.41, 5.74) is -0.180. The van der Waals surface area contributed by atoms with Crippen molar-refractivity contribution in [1.82, 2.24) is 30.0 Å². The molecule has 11 nitrogen and oxygen atoms in total. The number of aromatic nitrogens is 5. The number of rotatable bonds is 9. The van der Waals surface area contributed by atoms with Gasteiger partial charge >= 0.3 is 6.18 Å². The first-order chi connectivity index (χ1) is 20.2. The number of H-pyrrole nitrogens is 1. The van der Waals surface area contributed by atoms with E-state index in [0.717, 1.165) is 31.3 Å². The Morgan fingerprint density at radius 3 is 2.62 bits per heavy atom. The number of hydrogen-bond acceptors (Lipinski definition) is 9. The van der Waals surface area contributed by atoms with E-state index in [-0.39, 0.29) is 5.69 Å². The molecule has 4 aromatic rings. The monoisotopic (exact) mass is 585 g/mol. The zero-order valence-electron chi connectivity index (χ0n) is 22.5. The molecule has 3 N–H and O–H groups in total. The number of aromatic amines is 1. The maximum Gasteiger partial charge on any atom is 0.416 e. The van der Waals surface area contributed by atoms with Crippen LogP contribution in [-0.4, -0.2) is 75.3 Å². The lowest BCUT2D eigenvalue weighted by Gasteiger charge is -2.26. The van der Waals surface area contributed by atoms with E-state index >= 15 is 0 Å². The van der Waals surface area contributed by atoms with E-state index in [2.05, 4.69) is 40.7 Å². The summed E-state index contributed by atoms with van der Waals surface area (Å²) < 4.78 is 58.8. The lowest BCUT2D eigenvalue weighted by atomic mass is 10.1. The molecule has 0 aliphatic carbocycles. The minimum atomic E-state index is -4.81. The van der Waals surface area contributed by atoms with Crippen molar-refractivity contribution in [3.63, 3.8) is 0 Å². The van der Waals surface area contributed by atoms with E-state index in [1.165, 1.54) is 12.7 Å². The standard InChI is InChI=1S/C27H27F4N9O2/c1-17-2-3-21(37-25(41)18-10-19(27(29,30)31)12-20(28)11-18)13-22(17)40(26-35-16-36-38-26)24-14-23(33-15-34-24)32-4-5-39-6-8-42-9-7-39/h2-3,10-16H,4-9H2,1H3,(H,37,41)(H,32,33,34)(H,35,36,38). The van der Waals surface area contributed by atoms with Crippen LogP contribution >= 0.6 is 0 Å². The number of halogens is 4. The van der Waals surface area contributed by atoms with Crippen LogP contribution in [0.2, 0.25) is 0 Å². The highest BCUT2D eigenvalue weighted by molar-refractivity contribution is 6.04. The van der Waals surface area contributed by atoms with Gasteiger partial charge in [-0.3, -0.25) is 14.6 Å². The average molecular weight is 586 g/mol. The van der Waals surface area contributed by atoms with Crippen molar-refractivity contribution < 1.29 is 27.1 Å². The summed E-state index contributed by atoms with van der Waals surface area (Å²) in [6.45, 7) is 6.43. The number of carbonyl (C=O) groups excluding carboxylic acids is 1. The molecule has 42 heavy (non-hydrogen) atoms. The largest absolute Gasteiger partial charge is 0.416 e. The molecule has 1 saturated heterocycles. The molecule has 0 atom stereocenters. The first-order valence-corrected chi connectivity index (χ1v) is 13.0. The van der Waals surface area contributed by atoms with Gasteiger partial charge in [0.1, 0.15) is 30.1 Å². The fourth-order valence-electron chi connectivity index (χ4n) is 4.40. The Morgan fingerprint density at radius 2 is 1.88 bits per heavy atom. The molecule has 15 heteroatoms. The van der Waals surface area contributed by atoms with Crippen LogP contribution in [-0.2, 0) is 10.9 Å². The van der Waals surface area contributed by atoms with Crippen molar-refractivity contribution >= 4 is 34.9 Å². The van der Waals surface area contributed by atoms with Gasteiger partial charge in [0, 0.05) is 43.5 Å². The summed E-state index contributed by atoms with van der Waals surface area (Å²) in [4.78, 5) is 29.8. The number of alkyl halides is 3. The summed E-state index contributed by atoms with van der Waals surface area (Å²) in [5.74, 6) is -0.753. The minimum Gasteiger partial charge on any atom is -0.379 e. The predicted octanol–water partition coefficient (Wildman–Crippen LogP) is 4.53. The van der Waals surface area contributed by atoms with E-state index in [1.54, 1.807) is 29.2 Å². The molecular weight excluding hydrogens is 558 g/mol. The number of nitrogens with zero attached hydrogens (tertiary/aromatic N) is 6. The molecule has 2 aromatic carbocycles. The third kappa shape index (κ3) is 6.98. The van der Waals surface area contributed by atoms with Crippen LogP contribution < -0.4 is 15.5 Å². The maximum atomic E-state index is 13.9. The van der Waals surface area contributed by atoms with E-state index in [0.29, 0.717) is 55.2 Å². The molecule has 220 valence electrons. The molecular formula is C27H27F4N9O2. The summed E-state index contributed by atoms with van der Waals surface area (Å²) in [5, 5.41) is 12.6. The molecule has 0 bridgehead atoms. The SMILES string of the molecule is Cc1ccc(NC(=O)c2cc(F)cc(C(F)(F)F)c2)cc1N(c1cc(NCCN2CCOCC2)ncn1)c1ncn[nH]1. The molecule has 0 radical (unpaired) electrons. The average Bonchev–Trinajstić information content (AvgIpc) is 3.49. The van der Waals surface area contributed by atoms with E-state index in [1.807, 2.05) is 6.92 Å². The van der Waals surface area contributed by atoms with Crippen molar-refractivity contribution in [2.75, 3.05) is 54.9 Å². The Labute approximate surface area is 237 Å². The Balaban J connectivity index is 1.39. The Kier molecular flexibility index (Phi) is 8.59. The zero-order valence-corrected chi connectivity index (χ0v) is 22.5. The van der Waals surface area contributed by atoms with Crippen LogP contribution in [0.1, 0.15) is 21.5 Å². The highest BCUT2D eigenvalue weighted by Gasteiger charge is 2.32. The molecule has 5 rings (SSSR count). The van der Waals surface area contributed by atoms with Crippen LogP contribution in [0.5, 0.6) is 0 Å². The molecule has 0 unspecified atom stereocenters. The quantitative estimate of drug-likeness (QED) is 0.243. The van der Waals surface area contributed by atoms with Gasteiger partial charge in [0.05, 0.1) is 24.5 Å². The molecule has 2 aromatic heterocycles.